The van der Waals surface area contributed by atoms with Crippen molar-refractivity contribution in [1.29, 1.82) is 0 Å². The Kier molecular flexibility index (Phi) is 4.65. The van der Waals surface area contributed by atoms with Crippen molar-refractivity contribution in [2.24, 2.45) is 0 Å². The highest BCUT2D eigenvalue weighted by molar-refractivity contribution is 8.17. The molecule has 0 heterocycles. The molecule has 0 aromatic rings. The fourth-order valence-corrected chi connectivity index (χ4v) is 0.926. The van der Waals surface area contributed by atoms with E-state index in [0.29, 0.717) is 0 Å². The quantitative estimate of drug-likeness (QED) is 0.362. The number of hydrogen-bond donors (Lipinski definition) is 5. The SMILES string of the molecule is CCCCC(O)(O)C(S)(S)S. The van der Waals surface area contributed by atoms with Gasteiger partial charge in [0.1, 0.15) is 0 Å². The van der Waals surface area contributed by atoms with Gasteiger partial charge >= 0.3 is 0 Å². The second-order valence-electron chi connectivity index (χ2n) is 2.56. The maximum Gasteiger partial charge on any atom is 0.196 e. The zero-order chi connectivity index (χ0) is 9.12. The van der Waals surface area contributed by atoms with Crippen LogP contribution in [0.4, 0.5) is 0 Å². The summed E-state index contributed by atoms with van der Waals surface area (Å²) in [7, 11) is 0. The predicted octanol–water partition coefficient (Wildman–Crippen LogP) is 1.30. The van der Waals surface area contributed by atoms with Gasteiger partial charge in [0.05, 0.1) is 0 Å². The third-order valence-corrected chi connectivity index (χ3v) is 2.49. The van der Waals surface area contributed by atoms with E-state index in [1.165, 1.54) is 0 Å². The van der Waals surface area contributed by atoms with Crippen LogP contribution in [-0.2, 0) is 0 Å². The highest BCUT2D eigenvalue weighted by atomic mass is 32.2. The summed E-state index contributed by atoms with van der Waals surface area (Å²) in [5.74, 6) is -1.92. The average molecular weight is 214 g/mol. The second-order valence-corrected chi connectivity index (χ2v) is 5.63. The lowest BCUT2D eigenvalue weighted by Crippen LogP contribution is -2.42. The van der Waals surface area contributed by atoms with E-state index in [1.54, 1.807) is 0 Å². The predicted molar refractivity (Wildman–Crippen MR) is 56.4 cm³/mol. The smallest absolute Gasteiger partial charge is 0.196 e. The molecule has 0 unspecified atom stereocenters. The highest BCUT2D eigenvalue weighted by Crippen LogP contribution is 2.37. The van der Waals surface area contributed by atoms with E-state index in [1.807, 2.05) is 6.92 Å². The van der Waals surface area contributed by atoms with Crippen LogP contribution in [-0.4, -0.2) is 19.4 Å². The summed E-state index contributed by atoms with van der Waals surface area (Å²) >= 11 is 11.5. The van der Waals surface area contributed by atoms with E-state index in [4.69, 9.17) is 0 Å². The molecule has 0 aromatic heterocycles. The van der Waals surface area contributed by atoms with Crippen LogP contribution in [0, 0.1) is 0 Å². The molecule has 0 fully saturated rings. The molecule has 0 saturated carbocycles. The Balaban J connectivity index is 4.00. The van der Waals surface area contributed by atoms with E-state index in [2.05, 4.69) is 37.9 Å². The molecular formula is C6H14O2S3. The lowest BCUT2D eigenvalue weighted by atomic mass is 10.1. The van der Waals surface area contributed by atoms with Crippen molar-refractivity contribution in [3.8, 4) is 0 Å². The molecule has 0 bridgehead atoms. The zero-order valence-electron chi connectivity index (χ0n) is 6.36. The summed E-state index contributed by atoms with van der Waals surface area (Å²) in [6, 6.07) is 0. The van der Waals surface area contributed by atoms with Crippen molar-refractivity contribution in [1.82, 2.24) is 0 Å². The van der Waals surface area contributed by atoms with Crippen molar-refractivity contribution in [2.75, 3.05) is 0 Å². The molecule has 11 heavy (non-hydrogen) atoms. The molecule has 2 N–H and O–H groups in total. The van der Waals surface area contributed by atoms with Gasteiger partial charge in [-0.25, -0.2) is 0 Å². The molecular weight excluding hydrogens is 200 g/mol. The normalized spacial score (nSPS) is 13.6. The largest absolute Gasteiger partial charge is 0.363 e. The molecule has 0 spiro atoms. The second kappa shape index (κ2) is 4.28. The van der Waals surface area contributed by atoms with Gasteiger partial charge in [0.25, 0.3) is 0 Å². The van der Waals surface area contributed by atoms with Gasteiger partial charge in [-0.3, -0.25) is 0 Å². The van der Waals surface area contributed by atoms with Crippen molar-refractivity contribution in [3.05, 3.63) is 0 Å². The molecule has 0 rings (SSSR count). The van der Waals surface area contributed by atoms with E-state index >= 15 is 0 Å². The van der Waals surface area contributed by atoms with Crippen molar-refractivity contribution in [3.63, 3.8) is 0 Å². The molecule has 0 aliphatic heterocycles. The molecule has 0 aliphatic carbocycles. The number of hydrogen-bond acceptors (Lipinski definition) is 5. The minimum atomic E-state index is -1.92. The summed E-state index contributed by atoms with van der Waals surface area (Å²) in [4.78, 5) is 0. The Morgan fingerprint density at radius 2 is 1.64 bits per heavy atom. The molecule has 0 aliphatic rings. The molecule has 0 aromatic carbocycles. The van der Waals surface area contributed by atoms with Crippen LogP contribution in [0.15, 0.2) is 0 Å². The average Bonchev–Trinajstić information content (AvgIpc) is 1.81. The molecule has 5 heteroatoms. The van der Waals surface area contributed by atoms with Crippen LogP contribution in [0.2, 0.25) is 0 Å². The van der Waals surface area contributed by atoms with E-state index in [-0.39, 0.29) is 6.42 Å². The third-order valence-electron chi connectivity index (χ3n) is 1.42. The summed E-state index contributed by atoms with van der Waals surface area (Å²) in [6.45, 7) is 1.97. The van der Waals surface area contributed by atoms with Crippen LogP contribution in [0.5, 0.6) is 0 Å². The fraction of sp³-hybridized carbons (Fsp3) is 1.00. The maximum atomic E-state index is 9.31. The first-order valence-electron chi connectivity index (χ1n) is 3.43. The van der Waals surface area contributed by atoms with E-state index < -0.39 is 9.20 Å². The van der Waals surface area contributed by atoms with Crippen LogP contribution >= 0.6 is 37.9 Å². The van der Waals surface area contributed by atoms with Gasteiger partial charge in [-0.05, 0) is 6.42 Å². The summed E-state index contributed by atoms with van der Waals surface area (Å²) < 4.78 is -1.36. The van der Waals surface area contributed by atoms with Crippen LogP contribution in [0.1, 0.15) is 26.2 Å². The van der Waals surface area contributed by atoms with Crippen LogP contribution in [0.3, 0.4) is 0 Å². The van der Waals surface area contributed by atoms with Crippen molar-refractivity contribution < 1.29 is 10.2 Å². The highest BCUT2D eigenvalue weighted by Gasteiger charge is 2.40. The Morgan fingerprint density at radius 1 is 1.18 bits per heavy atom. The van der Waals surface area contributed by atoms with Gasteiger partial charge in [0, 0.05) is 6.42 Å². The Bertz CT molecular complexity index is 119. The Hall–Kier alpha value is 0.970. The first-order chi connectivity index (χ1) is 4.81. The van der Waals surface area contributed by atoms with Crippen molar-refractivity contribution in [2.45, 2.75) is 35.4 Å². The van der Waals surface area contributed by atoms with E-state index in [0.717, 1.165) is 12.8 Å². The standard InChI is InChI=1S/C6H14O2S3/c1-2-3-4-5(7,8)6(9,10)11/h7-11H,2-4H2,1H3. The topological polar surface area (TPSA) is 40.5 Å². The first kappa shape index (κ1) is 12.0. The fourth-order valence-electron chi connectivity index (χ4n) is 0.591. The Morgan fingerprint density at radius 3 is 1.91 bits per heavy atom. The lowest BCUT2D eigenvalue weighted by Gasteiger charge is -2.32. The minimum absolute atomic E-state index is 0.236. The Labute approximate surface area is 83.6 Å². The molecule has 0 atom stereocenters. The van der Waals surface area contributed by atoms with Gasteiger partial charge in [-0.15, -0.1) is 37.9 Å². The van der Waals surface area contributed by atoms with Gasteiger partial charge in [0.2, 0.25) is 0 Å². The van der Waals surface area contributed by atoms with Crippen LogP contribution in [0.25, 0.3) is 0 Å². The van der Waals surface area contributed by atoms with Gasteiger partial charge in [-0.1, -0.05) is 13.3 Å². The van der Waals surface area contributed by atoms with Crippen LogP contribution < -0.4 is 0 Å². The van der Waals surface area contributed by atoms with E-state index in [9.17, 15) is 10.2 Å². The number of unbranched alkanes of at least 4 members (excludes halogenated alkanes) is 1. The summed E-state index contributed by atoms with van der Waals surface area (Å²) in [5, 5.41) is 18.6. The molecule has 68 valence electrons. The monoisotopic (exact) mass is 214 g/mol. The first-order valence-corrected chi connectivity index (χ1v) is 4.77. The minimum Gasteiger partial charge on any atom is -0.363 e. The zero-order valence-corrected chi connectivity index (χ0v) is 9.04. The lowest BCUT2D eigenvalue weighted by molar-refractivity contribution is -0.157. The molecule has 2 nitrogen and oxygen atoms in total. The number of rotatable bonds is 4. The summed E-state index contributed by atoms with van der Waals surface area (Å²) in [5.41, 5.74) is 0. The molecule has 0 saturated heterocycles. The molecule has 0 amide bonds. The molecule has 0 radical (unpaired) electrons. The van der Waals surface area contributed by atoms with Gasteiger partial charge in [-0.2, -0.15) is 0 Å². The summed E-state index contributed by atoms with van der Waals surface area (Å²) in [6.07, 6.45) is 1.85. The number of aliphatic hydroxyl groups is 2. The van der Waals surface area contributed by atoms with Crippen molar-refractivity contribution >= 4 is 37.9 Å². The third kappa shape index (κ3) is 3.94. The number of thiol groups is 3. The van der Waals surface area contributed by atoms with Gasteiger partial charge < -0.3 is 10.2 Å². The van der Waals surface area contributed by atoms with Gasteiger partial charge in [0.15, 0.2) is 9.20 Å². The maximum absolute atomic E-state index is 9.31.